The maximum atomic E-state index is 13.0. The van der Waals surface area contributed by atoms with Crippen LogP contribution in [0.4, 0.5) is 10.5 Å². The van der Waals surface area contributed by atoms with Crippen molar-refractivity contribution in [1.82, 2.24) is 5.32 Å². The minimum Gasteiger partial charge on any atom is -0.494 e. The molecule has 2 heterocycles. The Hall–Kier alpha value is -3.23. The Morgan fingerprint density at radius 1 is 1.07 bits per heavy atom. The average molecular weight is 435 g/mol. The Labute approximate surface area is 174 Å². The molecule has 10 heteroatoms. The summed E-state index contributed by atoms with van der Waals surface area (Å²) in [6.07, 6.45) is 1.29. The molecule has 8 nitrogen and oxygen atoms in total. The van der Waals surface area contributed by atoms with Gasteiger partial charge >= 0.3 is 6.03 Å². The molecule has 0 aliphatic carbocycles. The fraction of sp³-hybridized carbons (Fsp3) is 0.105. The summed E-state index contributed by atoms with van der Waals surface area (Å²) in [6.45, 7) is 0.0432. The van der Waals surface area contributed by atoms with Crippen LogP contribution in [-0.2, 0) is 9.59 Å². The lowest BCUT2D eigenvalue weighted by Crippen LogP contribution is -2.54. The van der Waals surface area contributed by atoms with E-state index in [0.717, 1.165) is 4.90 Å². The van der Waals surface area contributed by atoms with Gasteiger partial charge in [-0.25, -0.2) is 9.69 Å². The zero-order chi connectivity index (χ0) is 20.7. The van der Waals surface area contributed by atoms with Gasteiger partial charge < -0.3 is 14.2 Å². The van der Waals surface area contributed by atoms with Gasteiger partial charge in [0.15, 0.2) is 17.2 Å². The quantitative estimate of drug-likeness (QED) is 0.587. The summed E-state index contributed by atoms with van der Waals surface area (Å²) in [5.74, 6) is -0.486. The molecule has 0 unspecified atom stereocenters. The first-order valence-corrected chi connectivity index (χ1v) is 8.99. The van der Waals surface area contributed by atoms with Crippen molar-refractivity contribution in [2.45, 2.75) is 0 Å². The van der Waals surface area contributed by atoms with E-state index in [1.54, 1.807) is 6.07 Å². The smallest absolute Gasteiger partial charge is 0.335 e. The second-order valence-corrected chi connectivity index (χ2v) is 6.83. The van der Waals surface area contributed by atoms with Crippen molar-refractivity contribution >= 4 is 52.8 Å². The van der Waals surface area contributed by atoms with Crippen LogP contribution in [0.15, 0.2) is 35.9 Å². The summed E-state index contributed by atoms with van der Waals surface area (Å²) in [5.41, 5.74) is 0.347. The largest absolute Gasteiger partial charge is 0.494 e. The van der Waals surface area contributed by atoms with Crippen LogP contribution in [0, 0.1) is 0 Å². The third kappa shape index (κ3) is 3.37. The van der Waals surface area contributed by atoms with Gasteiger partial charge in [0.1, 0.15) is 5.57 Å². The number of methoxy groups -OCH3 is 1. The number of ether oxygens (including phenoxy) is 3. The van der Waals surface area contributed by atoms with Crippen LogP contribution in [0.1, 0.15) is 5.56 Å². The van der Waals surface area contributed by atoms with Gasteiger partial charge in [-0.2, -0.15) is 0 Å². The van der Waals surface area contributed by atoms with Crippen molar-refractivity contribution in [3.8, 4) is 17.2 Å². The van der Waals surface area contributed by atoms with E-state index in [-0.39, 0.29) is 33.8 Å². The molecule has 1 N–H and O–H groups in total. The van der Waals surface area contributed by atoms with Gasteiger partial charge in [0, 0.05) is 6.07 Å². The number of hydrogen-bond donors (Lipinski definition) is 1. The number of carbonyl (C=O) groups is 3. The third-order valence-corrected chi connectivity index (χ3v) is 4.81. The highest BCUT2D eigenvalue weighted by molar-refractivity contribution is 6.40. The van der Waals surface area contributed by atoms with Gasteiger partial charge in [-0.3, -0.25) is 14.9 Å². The van der Waals surface area contributed by atoms with E-state index in [2.05, 4.69) is 5.32 Å². The average Bonchev–Trinajstić information content (AvgIpc) is 3.13. The number of imide groups is 2. The predicted octanol–water partition coefficient (Wildman–Crippen LogP) is 3.40. The minimum atomic E-state index is -0.873. The Kier molecular flexibility index (Phi) is 4.81. The van der Waals surface area contributed by atoms with E-state index in [1.165, 1.54) is 37.5 Å². The highest BCUT2D eigenvalue weighted by Gasteiger charge is 2.37. The lowest BCUT2D eigenvalue weighted by atomic mass is 10.1. The van der Waals surface area contributed by atoms with Crippen LogP contribution >= 0.6 is 23.2 Å². The Balaban J connectivity index is 1.73. The standard InChI is InChI=1S/C19H12Cl2N2O6/c1-27-16-12(20)5-9(6-13(16)21)4-11-17(24)22-19(26)23(18(11)25)10-2-3-14-15(7-10)29-8-28-14/h2-7H,8H2,1H3,(H,22,24,26)/b11-4+. The monoisotopic (exact) mass is 434 g/mol. The normalized spacial score (nSPS) is 17.0. The van der Waals surface area contributed by atoms with Gasteiger partial charge in [0.05, 0.1) is 22.8 Å². The summed E-state index contributed by atoms with van der Waals surface area (Å²) < 4.78 is 15.6. The van der Waals surface area contributed by atoms with E-state index in [0.29, 0.717) is 17.1 Å². The number of benzene rings is 2. The van der Waals surface area contributed by atoms with Crippen LogP contribution in [0.5, 0.6) is 17.2 Å². The molecule has 0 saturated carbocycles. The molecule has 1 fully saturated rings. The van der Waals surface area contributed by atoms with Crippen molar-refractivity contribution in [2.24, 2.45) is 0 Å². The van der Waals surface area contributed by atoms with Crippen LogP contribution in [0.2, 0.25) is 10.0 Å². The molecule has 29 heavy (non-hydrogen) atoms. The molecule has 2 aromatic carbocycles. The van der Waals surface area contributed by atoms with E-state index in [1.807, 2.05) is 0 Å². The molecule has 4 rings (SSSR count). The number of anilines is 1. The SMILES string of the molecule is COc1c(Cl)cc(/C=C2\C(=O)NC(=O)N(c3ccc4c(c3)OCO4)C2=O)cc1Cl. The summed E-state index contributed by atoms with van der Waals surface area (Å²) in [5, 5.41) is 2.56. The lowest BCUT2D eigenvalue weighted by molar-refractivity contribution is -0.122. The molecule has 4 amide bonds. The van der Waals surface area contributed by atoms with Crippen molar-refractivity contribution in [3.05, 3.63) is 51.5 Å². The summed E-state index contributed by atoms with van der Waals surface area (Å²) in [4.78, 5) is 38.4. The first-order valence-electron chi connectivity index (χ1n) is 8.23. The van der Waals surface area contributed by atoms with Crippen LogP contribution in [0.25, 0.3) is 6.08 Å². The molecule has 148 valence electrons. The molecule has 0 bridgehead atoms. The molecule has 0 radical (unpaired) electrons. The molecule has 2 aliphatic rings. The second-order valence-electron chi connectivity index (χ2n) is 6.01. The molecule has 0 atom stereocenters. The molecule has 0 spiro atoms. The van der Waals surface area contributed by atoms with E-state index in [4.69, 9.17) is 37.4 Å². The fourth-order valence-electron chi connectivity index (χ4n) is 2.94. The Morgan fingerprint density at radius 3 is 2.45 bits per heavy atom. The molecule has 1 saturated heterocycles. The molecular weight excluding hydrogens is 423 g/mol. The number of amides is 4. The molecule has 2 aromatic rings. The van der Waals surface area contributed by atoms with Gasteiger partial charge in [-0.15, -0.1) is 0 Å². The molecular formula is C19H12Cl2N2O6. The zero-order valence-electron chi connectivity index (χ0n) is 14.8. The first kappa shape index (κ1) is 19.1. The predicted molar refractivity (Wildman–Crippen MR) is 105 cm³/mol. The number of carbonyl (C=O) groups excluding carboxylic acids is 3. The first-order chi connectivity index (χ1) is 13.9. The molecule has 2 aliphatic heterocycles. The van der Waals surface area contributed by atoms with Crippen LogP contribution < -0.4 is 24.4 Å². The van der Waals surface area contributed by atoms with E-state index in [9.17, 15) is 14.4 Å². The third-order valence-electron chi connectivity index (χ3n) is 4.25. The Morgan fingerprint density at radius 2 is 1.76 bits per heavy atom. The summed E-state index contributed by atoms with van der Waals surface area (Å²) in [6, 6.07) is 6.67. The van der Waals surface area contributed by atoms with Crippen molar-refractivity contribution in [2.75, 3.05) is 18.8 Å². The maximum Gasteiger partial charge on any atom is 0.335 e. The minimum absolute atomic E-state index is 0.0432. The number of halogens is 2. The fourth-order valence-corrected chi connectivity index (χ4v) is 3.60. The van der Waals surface area contributed by atoms with Gasteiger partial charge in [0.2, 0.25) is 6.79 Å². The maximum absolute atomic E-state index is 13.0. The van der Waals surface area contributed by atoms with Gasteiger partial charge in [-0.1, -0.05) is 23.2 Å². The van der Waals surface area contributed by atoms with Gasteiger partial charge in [-0.05, 0) is 35.9 Å². The number of barbiturate groups is 1. The lowest BCUT2D eigenvalue weighted by Gasteiger charge is -2.26. The summed E-state index contributed by atoms with van der Waals surface area (Å²) in [7, 11) is 1.41. The topological polar surface area (TPSA) is 94.2 Å². The highest BCUT2D eigenvalue weighted by atomic mass is 35.5. The Bertz CT molecular complexity index is 1080. The number of rotatable bonds is 3. The highest BCUT2D eigenvalue weighted by Crippen LogP contribution is 2.37. The number of nitrogens with zero attached hydrogens (tertiary/aromatic N) is 1. The van der Waals surface area contributed by atoms with Crippen molar-refractivity contribution < 1.29 is 28.6 Å². The number of urea groups is 1. The van der Waals surface area contributed by atoms with Gasteiger partial charge in [0.25, 0.3) is 11.8 Å². The van der Waals surface area contributed by atoms with Crippen LogP contribution in [0.3, 0.4) is 0 Å². The zero-order valence-corrected chi connectivity index (χ0v) is 16.3. The molecule has 0 aromatic heterocycles. The van der Waals surface area contributed by atoms with Crippen molar-refractivity contribution in [3.63, 3.8) is 0 Å². The second kappa shape index (κ2) is 7.31. The number of nitrogens with one attached hydrogen (secondary N) is 1. The van der Waals surface area contributed by atoms with Crippen LogP contribution in [-0.4, -0.2) is 31.7 Å². The number of fused-ring (bicyclic) bond motifs is 1. The number of hydrogen-bond acceptors (Lipinski definition) is 6. The van der Waals surface area contributed by atoms with E-state index >= 15 is 0 Å². The van der Waals surface area contributed by atoms with Crippen molar-refractivity contribution in [1.29, 1.82) is 0 Å². The summed E-state index contributed by atoms with van der Waals surface area (Å²) >= 11 is 12.2. The van der Waals surface area contributed by atoms with E-state index < -0.39 is 17.8 Å².